The van der Waals surface area contributed by atoms with Gasteiger partial charge in [-0.2, -0.15) is 0 Å². The minimum atomic E-state index is -0.795. The molecule has 1 atom stereocenters. The molecule has 0 spiro atoms. The number of esters is 1. The van der Waals surface area contributed by atoms with Gasteiger partial charge in [-0.05, 0) is 41.8 Å². The average Bonchev–Trinajstić information content (AvgIpc) is 2.95. The van der Waals surface area contributed by atoms with Gasteiger partial charge in [0.1, 0.15) is 6.10 Å². The number of hydrogen-bond acceptors (Lipinski definition) is 6. The molecule has 0 saturated carbocycles. The number of anilines is 1. The molecule has 0 radical (unpaired) electrons. The largest absolute Gasteiger partial charge is 0.454 e. The highest BCUT2D eigenvalue weighted by molar-refractivity contribution is 6.00. The number of hydrogen-bond donors (Lipinski definition) is 1. The molecule has 1 fully saturated rings. The van der Waals surface area contributed by atoms with E-state index < -0.39 is 12.1 Å². The molecule has 38 heavy (non-hydrogen) atoms. The maximum Gasteiger partial charge on any atom is 0.338 e. The van der Waals surface area contributed by atoms with Gasteiger partial charge in [-0.1, -0.05) is 61.5 Å². The van der Waals surface area contributed by atoms with Crippen LogP contribution in [0.5, 0.6) is 0 Å². The number of Topliss-reactive ketones (excluding diaryl/α,β-unsaturated/α-hetero) is 1. The van der Waals surface area contributed by atoms with E-state index >= 15 is 0 Å². The molecule has 8 heteroatoms. The SMILES string of the molecule is CCCN1CCOC(CC(=O)Nc2ccc(C(=O)OCC(=O)c3ccc(-c4ccccc4)cc3)cc2)C1=O. The van der Waals surface area contributed by atoms with E-state index in [0.717, 1.165) is 17.5 Å². The number of nitrogens with one attached hydrogen (secondary N) is 1. The van der Waals surface area contributed by atoms with Crippen LogP contribution in [0.25, 0.3) is 11.1 Å². The summed E-state index contributed by atoms with van der Waals surface area (Å²) >= 11 is 0. The minimum Gasteiger partial charge on any atom is -0.454 e. The van der Waals surface area contributed by atoms with E-state index in [1.165, 1.54) is 12.1 Å². The summed E-state index contributed by atoms with van der Waals surface area (Å²) in [6, 6.07) is 23.1. The van der Waals surface area contributed by atoms with Crippen LogP contribution in [0, 0.1) is 0 Å². The third-order valence-electron chi connectivity index (χ3n) is 6.18. The lowest BCUT2D eigenvalue weighted by molar-refractivity contribution is -0.155. The smallest absolute Gasteiger partial charge is 0.338 e. The van der Waals surface area contributed by atoms with Crippen molar-refractivity contribution in [3.05, 3.63) is 90.0 Å². The minimum absolute atomic E-state index is 0.0860. The summed E-state index contributed by atoms with van der Waals surface area (Å²) in [6.07, 6.45) is -0.0381. The van der Waals surface area contributed by atoms with Crippen molar-refractivity contribution in [2.75, 3.05) is 31.6 Å². The highest BCUT2D eigenvalue weighted by Crippen LogP contribution is 2.20. The quantitative estimate of drug-likeness (QED) is 0.319. The Morgan fingerprint density at radius 3 is 2.26 bits per heavy atom. The molecule has 3 aromatic rings. The number of carbonyl (C=O) groups excluding carboxylic acids is 4. The summed E-state index contributed by atoms with van der Waals surface area (Å²) in [5.74, 6) is -1.48. The first kappa shape index (κ1) is 26.8. The number of carbonyl (C=O) groups is 4. The third kappa shape index (κ3) is 6.92. The van der Waals surface area contributed by atoms with Crippen molar-refractivity contribution < 1.29 is 28.7 Å². The zero-order valence-corrected chi connectivity index (χ0v) is 21.2. The van der Waals surface area contributed by atoms with Gasteiger partial charge in [-0.3, -0.25) is 14.4 Å². The van der Waals surface area contributed by atoms with Crippen LogP contribution in [0.1, 0.15) is 40.5 Å². The van der Waals surface area contributed by atoms with Crippen molar-refractivity contribution >= 4 is 29.3 Å². The van der Waals surface area contributed by atoms with Crippen LogP contribution in [0.15, 0.2) is 78.9 Å². The zero-order chi connectivity index (χ0) is 26.9. The molecule has 0 aromatic heterocycles. The Kier molecular flexibility index (Phi) is 9.00. The van der Waals surface area contributed by atoms with Crippen molar-refractivity contribution in [1.82, 2.24) is 4.90 Å². The summed E-state index contributed by atoms with van der Waals surface area (Å²) in [6.45, 7) is 3.19. The van der Waals surface area contributed by atoms with Crippen molar-refractivity contribution in [3.8, 4) is 11.1 Å². The average molecular weight is 515 g/mol. The standard InChI is InChI=1S/C30H30N2O6/c1-2-16-32-17-18-37-27(29(32)35)19-28(34)31-25-14-12-24(13-15-25)30(36)38-20-26(33)23-10-8-22(9-11-23)21-6-4-3-5-7-21/h3-15,27H,2,16-20H2,1H3,(H,31,34). The van der Waals surface area contributed by atoms with Crippen LogP contribution in [0.2, 0.25) is 0 Å². The first-order valence-electron chi connectivity index (χ1n) is 12.6. The van der Waals surface area contributed by atoms with Gasteiger partial charge in [0.2, 0.25) is 5.91 Å². The van der Waals surface area contributed by atoms with Crippen LogP contribution >= 0.6 is 0 Å². The van der Waals surface area contributed by atoms with Gasteiger partial charge < -0.3 is 19.7 Å². The molecule has 1 N–H and O–H groups in total. The molecule has 4 rings (SSSR count). The lowest BCUT2D eigenvalue weighted by atomic mass is 10.0. The Hall–Kier alpha value is -4.30. The topological polar surface area (TPSA) is 102 Å². The van der Waals surface area contributed by atoms with Gasteiger partial charge in [-0.25, -0.2) is 4.79 Å². The molecule has 8 nitrogen and oxygen atoms in total. The van der Waals surface area contributed by atoms with Crippen LogP contribution in [0.4, 0.5) is 5.69 Å². The second kappa shape index (κ2) is 12.8. The number of ketones is 1. The van der Waals surface area contributed by atoms with Gasteiger partial charge in [-0.15, -0.1) is 0 Å². The fraction of sp³-hybridized carbons (Fsp3) is 0.267. The van der Waals surface area contributed by atoms with Crippen molar-refractivity contribution in [2.45, 2.75) is 25.9 Å². The molecular weight excluding hydrogens is 484 g/mol. The maximum atomic E-state index is 12.5. The van der Waals surface area contributed by atoms with E-state index in [1.54, 1.807) is 29.2 Å². The van der Waals surface area contributed by atoms with E-state index in [2.05, 4.69) is 5.32 Å². The predicted octanol–water partition coefficient (Wildman–Crippen LogP) is 4.36. The van der Waals surface area contributed by atoms with Gasteiger partial charge in [0.15, 0.2) is 12.4 Å². The second-order valence-corrected chi connectivity index (χ2v) is 8.96. The van der Waals surface area contributed by atoms with Gasteiger partial charge >= 0.3 is 5.97 Å². The Balaban J connectivity index is 1.25. The Bertz CT molecular complexity index is 1270. The number of rotatable bonds is 10. The summed E-state index contributed by atoms with van der Waals surface area (Å²) in [4.78, 5) is 51.5. The molecule has 0 bridgehead atoms. The molecule has 1 heterocycles. The van der Waals surface area contributed by atoms with E-state index in [0.29, 0.717) is 30.9 Å². The summed E-state index contributed by atoms with van der Waals surface area (Å²) in [5.41, 5.74) is 3.20. The van der Waals surface area contributed by atoms with E-state index in [-0.39, 0.29) is 36.2 Å². The Labute approximate surface area is 221 Å². The monoisotopic (exact) mass is 514 g/mol. The normalized spacial score (nSPS) is 15.1. The molecule has 0 aliphatic carbocycles. The van der Waals surface area contributed by atoms with E-state index in [1.807, 2.05) is 49.4 Å². The summed E-state index contributed by atoms with van der Waals surface area (Å²) in [5, 5.41) is 2.71. The van der Waals surface area contributed by atoms with Crippen molar-refractivity contribution in [1.29, 1.82) is 0 Å². The highest BCUT2D eigenvalue weighted by Gasteiger charge is 2.30. The summed E-state index contributed by atoms with van der Waals surface area (Å²) < 4.78 is 10.7. The highest BCUT2D eigenvalue weighted by atomic mass is 16.5. The zero-order valence-electron chi connectivity index (χ0n) is 21.2. The lowest BCUT2D eigenvalue weighted by Crippen LogP contribution is -2.49. The lowest BCUT2D eigenvalue weighted by Gasteiger charge is -2.32. The molecule has 2 amide bonds. The molecule has 1 aliphatic rings. The predicted molar refractivity (Wildman–Crippen MR) is 143 cm³/mol. The van der Waals surface area contributed by atoms with Crippen molar-refractivity contribution in [2.24, 2.45) is 0 Å². The van der Waals surface area contributed by atoms with Crippen LogP contribution in [-0.2, 0) is 19.1 Å². The van der Waals surface area contributed by atoms with Crippen LogP contribution in [-0.4, -0.2) is 60.9 Å². The van der Waals surface area contributed by atoms with E-state index in [9.17, 15) is 19.2 Å². The number of ether oxygens (including phenoxy) is 2. The number of morpholine rings is 1. The Morgan fingerprint density at radius 2 is 1.58 bits per heavy atom. The first-order valence-corrected chi connectivity index (χ1v) is 12.6. The Morgan fingerprint density at radius 1 is 0.921 bits per heavy atom. The van der Waals surface area contributed by atoms with Crippen LogP contribution < -0.4 is 5.32 Å². The number of nitrogens with zero attached hydrogens (tertiary/aromatic N) is 1. The van der Waals surface area contributed by atoms with Crippen LogP contribution in [0.3, 0.4) is 0 Å². The van der Waals surface area contributed by atoms with Gasteiger partial charge in [0.05, 0.1) is 18.6 Å². The van der Waals surface area contributed by atoms with E-state index in [4.69, 9.17) is 9.47 Å². The number of benzene rings is 3. The number of amides is 2. The molecule has 1 saturated heterocycles. The summed E-state index contributed by atoms with van der Waals surface area (Å²) in [7, 11) is 0. The third-order valence-corrected chi connectivity index (χ3v) is 6.18. The molecule has 3 aromatic carbocycles. The molecule has 1 unspecified atom stereocenters. The fourth-order valence-corrected chi connectivity index (χ4v) is 4.18. The molecule has 196 valence electrons. The molecule has 1 aliphatic heterocycles. The molecular formula is C30H30N2O6. The second-order valence-electron chi connectivity index (χ2n) is 8.96. The first-order chi connectivity index (χ1) is 18.4. The van der Waals surface area contributed by atoms with Crippen molar-refractivity contribution in [3.63, 3.8) is 0 Å². The van der Waals surface area contributed by atoms with Gasteiger partial charge in [0, 0.05) is 24.3 Å². The maximum absolute atomic E-state index is 12.5. The van der Waals surface area contributed by atoms with Gasteiger partial charge in [0.25, 0.3) is 5.91 Å². The fourth-order valence-electron chi connectivity index (χ4n) is 4.18.